The second-order valence-corrected chi connectivity index (χ2v) is 3.45. The van der Waals surface area contributed by atoms with Crippen LogP contribution in [0.3, 0.4) is 0 Å². The first-order valence-corrected chi connectivity index (χ1v) is 5.30. The van der Waals surface area contributed by atoms with E-state index in [-0.39, 0.29) is 25.4 Å². The fraction of sp³-hybridized carbons (Fsp3) is 0.800. The predicted molar refractivity (Wildman–Crippen MR) is 59.6 cm³/mol. The number of carbonyl (C=O) groups is 2. The summed E-state index contributed by atoms with van der Waals surface area (Å²) in [6, 6.07) is 0. The third kappa shape index (κ3) is 16.9. The molecule has 0 aromatic heterocycles. The third-order valence-electron chi connectivity index (χ3n) is 0.942. The van der Waals surface area contributed by atoms with Gasteiger partial charge < -0.3 is 19.7 Å². The molecule has 2 N–H and O–H groups in total. The van der Waals surface area contributed by atoms with Gasteiger partial charge in [-0.15, -0.1) is 0 Å². The maximum absolute atomic E-state index is 10.7. The Labute approximate surface area is 105 Å². The summed E-state index contributed by atoms with van der Waals surface area (Å²) in [5, 5.41) is 15.2. The van der Waals surface area contributed by atoms with Crippen LogP contribution in [-0.4, -0.2) is 47.9 Å². The SMILES string of the molecule is CC(C)OC(=O)OOC(=O)OC(C)C.OCCO. The summed E-state index contributed by atoms with van der Waals surface area (Å²) < 4.78 is 9.02. The van der Waals surface area contributed by atoms with E-state index in [1.807, 2.05) is 0 Å². The van der Waals surface area contributed by atoms with E-state index >= 15 is 0 Å². The Morgan fingerprint density at radius 3 is 1.28 bits per heavy atom. The first kappa shape index (κ1) is 18.8. The van der Waals surface area contributed by atoms with Crippen LogP contribution in [0.15, 0.2) is 0 Å². The van der Waals surface area contributed by atoms with E-state index < -0.39 is 12.3 Å². The van der Waals surface area contributed by atoms with Gasteiger partial charge in [0.15, 0.2) is 0 Å². The van der Waals surface area contributed by atoms with Crippen LogP contribution < -0.4 is 0 Å². The van der Waals surface area contributed by atoms with E-state index in [0.29, 0.717) is 0 Å². The third-order valence-corrected chi connectivity index (χ3v) is 0.942. The van der Waals surface area contributed by atoms with Crippen LogP contribution >= 0.6 is 0 Å². The Hall–Kier alpha value is -1.54. The molecule has 108 valence electrons. The fourth-order valence-electron chi connectivity index (χ4n) is 0.492. The number of ether oxygens (including phenoxy) is 2. The molecular formula is C10H20O8. The summed E-state index contributed by atoms with van der Waals surface area (Å²) in [5.74, 6) is 0. The van der Waals surface area contributed by atoms with E-state index in [2.05, 4.69) is 19.2 Å². The molecule has 0 fully saturated rings. The largest absolute Gasteiger partial charge is 0.550 e. The lowest BCUT2D eigenvalue weighted by Crippen LogP contribution is -2.18. The maximum Gasteiger partial charge on any atom is 0.550 e. The van der Waals surface area contributed by atoms with Gasteiger partial charge in [-0.05, 0) is 27.7 Å². The number of rotatable bonds is 3. The van der Waals surface area contributed by atoms with Crippen LogP contribution in [0.4, 0.5) is 9.59 Å². The Bertz CT molecular complexity index is 202. The summed E-state index contributed by atoms with van der Waals surface area (Å²) in [7, 11) is 0. The minimum Gasteiger partial charge on any atom is -0.429 e. The van der Waals surface area contributed by atoms with Crippen molar-refractivity contribution in [2.24, 2.45) is 0 Å². The zero-order valence-electron chi connectivity index (χ0n) is 10.9. The Kier molecular flexibility index (Phi) is 12.5. The quantitative estimate of drug-likeness (QED) is 0.443. The summed E-state index contributed by atoms with van der Waals surface area (Å²) in [6.07, 6.45) is -2.85. The highest BCUT2D eigenvalue weighted by Crippen LogP contribution is 1.97. The van der Waals surface area contributed by atoms with Gasteiger partial charge in [0.1, 0.15) is 0 Å². The zero-order chi connectivity index (χ0) is 14.6. The van der Waals surface area contributed by atoms with E-state index in [4.69, 9.17) is 10.2 Å². The van der Waals surface area contributed by atoms with Crippen LogP contribution in [0.2, 0.25) is 0 Å². The second kappa shape index (κ2) is 11.9. The van der Waals surface area contributed by atoms with Gasteiger partial charge in [0, 0.05) is 0 Å². The molecule has 0 rings (SSSR count). The standard InChI is InChI=1S/C8H14O6.C2H6O2/c1-5(2)11-7(9)13-14-8(10)12-6(3)4;3-1-2-4/h5-6H,1-4H3;3-4H,1-2H2. The van der Waals surface area contributed by atoms with Crippen LogP contribution in [0, 0.1) is 0 Å². The Morgan fingerprint density at radius 1 is 0.833 bits per heavy atom. The highest BCUT2D eigenvalue weighted by atomic mass is 17.3. The van der Waals surface area contributed by atoms with Crippen LogP contribution in [0.1, 0.15) is 27.7 Å². The Morgan fingerprint density at radius 2 is 1.11 bits per heavy atom. The molecule has 0 saturated heterocycles. The van der Waals surface area contributed by atoms with Crippen molar-refractivity contribution in [3.63, 3.8) is 0 Å². The van der Waals surface area contributed by atoms with E-state index in [9.17, 15) is 9.59 Å². The minimum atomic E-state index is -1.08. The molecular weight excluding hydrogens is 248 g/mol. The fourth-order valence-corrected chi connectivity index (χ4v) is 0.492. The molecule has 8 nitrogen and oxygen atoms in total. The highest BCUT2D eigenvalue weighted by Gasteiger charge is 2.13. The topological polar surface area (TPSA) is 112 Å². The lowest BCUT2D eigenvalue weighted by Gasteiger charge is -2.08. The predicted octanol–water partition coefficient (Wildman–Crippen LogP) is 0.996. The lowest BCUT2D eigenvalue weighted by molar-refractivity contribution is -0.222. The summed E-state index contributed by atoms with van der Waals surface area (Å²) in [5.41, 5.74) is 0. The molecule has 0 aliphatic rings. The zero-order valence-corrected chi connectivity index (χ0v) is 10.9. The second-order valence-electron chi connectivity index (χ2n) is 3.45. The Balaban J connectivity index is 0. The molecule has 0 amide bonds. The average molecular weight is 268 g/mol. The molecule has 0 atom stereocenters. The van der Waals surface area contributed by atoms with Crippen LogP contribution in [-0.2, 0) is 19.2 Å². The number of hydrogen-bond acceptors (Lipinski definition) is 8. The monoisotopic (exact) mass is 268 g/mol. The van der Waals surface area contributed by atoms with Crippen molar-refractivity contribution in [2.45, 2.75) is 39.9 Å². The highest BCUT2D eigenvalue weighted by molar-refractivity contribution is 5.63. The smallest absolute Gasteiger partial charge is 0.429 e. The minimum absolute atomic E-state index is 0.125. The summed E-state index contributed by atoms with van der Waals surface area (Å²) in [6.45, 7) is 6.28. The van der Waals surface area contributed by atoms with Crippen molar-refractivity contribution in [1.29, 1.82) is 0 Å². The van der Waals surface area contributed by atoms with Crippen LogP contribution in [0.25, 0.3) is 0 Å². The van der Waals surface area contributed by atoms with E-state index in [1.54, 1.807) is 27.7 Å². The molecule has 0 bridgehead atoms. The van der Waals surface area contributed by atoms with Crippen molar-refractivity contribution < 1.29 is 39.1 Å². The van der Waals surface area contributed by atoms with Gasteiger partial charge in [0.05, 0.1) is 25.4 Å². The molecule has 0 saturated carbocycles. The molecule has 0 spiro atoms. The van der Waals surface area contributed by atoms with Gasteiger partial charge in [-0.1, -0.05) is 0 Å². The van der Waals surface area contributed by atoms with E-state index in [1.165, 1.54) is 0 Å². The van der Waals surface area contributed by atoms with Gasteiger partial charge in [0.2, 0.25) is 0 Å². The first-order valence-electron chi connectivity index (χ1n) is 5.30. The van der Waals surface area contributed by atoms with Crippen molar-refractivity contribution in [2.75, 3.05) is 13.2 Å². The number of aliphatic hydroxyl groups is 2. The summed E-state index contributed by atoms with van der Waals surface area (Å²) >= 11 is 0. The maximum atomic E-state index is 10.7. The number of aliphatic hydroxyl groups excluding tert-OH is 2. The van der Waals surface area contributed by atoms with Crippen molar-refractivity contribution in [3.05, 3.63) is 0 Å². The molecule has 0 aromatic carbocycles. The molecule has 0 radical (unpaired) electrons. The van der Waals surface area contributed by atoms with Gasteiger partial charge in [-0.3, -0.25) is 0 Å². The van der Waals surface area contributed by atoms with Crippen molar-refractivity contribution in [1.82, 2.24) is 0 Å². The van der Waals surface area contributed by atoms with Crippen molar-refractivity contribution in [3.8, 4) is 0 Å². The number of carbonyl (C=O) groups excluding carboxylic acids is 2. The van der Waals surface area contributed by atoms with Crippen molar-refractivity contribution >= 4 is 12.3 Å². The summed E-state index contributed by atoms with van der Waals surface area (Å²) in [4.78, 5) is 29.3. The molecule has 8 heteroatoms. The molecule has 0 unspecified atom stereocenters. The number of hydrogen-bond donors (Lipinski definition) is 2. The first-order chi connectivity index (χ1) is 8.33. The molecule has 18 heavy (non-hydrogen) atoms. The lowest BCUT2D eigenvalue weighted by atomic mass is 10.5. The molecule has 0 aliphatic carbocycles. The molecule has 0 aliphatic heterocycles. The molecule has 0 aromatic rings. The van der Waals surface area contributed by atoms with Gasteiger partial charge in [0.25, 0.3) is 0 Å². The van der Waals surface area contributed by atoms with Gasteiger partial charge in [-0.25, -0.2) is 0 Å². The average Bonchev–Trinajstić information content (AvgIpc) is 2.25. The van der Waals surface area contributed by atoms with Gasteiger partial charge >= 0.3 is 12.3 Å². The normalized spacial score (nSPS) is 9.33. The van der Waals surface area contributed by atoms with Crippen LogP contribution in [0.5, 0.6) is 0 Å². The molecule has 0 heterocycles. The van der Waals surface area contributed by atoms with Gasteiger partial charge in [-0.2, -0.15) is 19.4 Å². The van der Waals surface area contributed by atoms with E-state index in [0.717, 1.165) is 0 Å².